The molecule has 0 aromatic heterocycles. The van der Waals surface area contributed by atoms with E-state index in [0.717, 1.165) is 0 Å². The van der Waals surface area contributed by atoms with E-state index in [1.54, 1.807) is 0 Å². The van der Waals surface area contributed by atoms with Gasteiger partial charge in [0, 0.05) is 11.8 Å². The Kier molecular flexibility index (Phi) is 1.97. The first kappa shape index (κ1) is 7.33. The maximum atomic E-state index is 11.6. The second-order valence-corrected chi connectivity index (χ2v) is 4.01. The molecule has 1 nitrogen and oxygen atoms in total. The van der Waals surface area contributed by atoms with Crippen molar-refractivity contribution in [3.63, 3.8) is 0 Å². The molecule has 0 amide bonds. The molecular weight excluding hydrogens is 136 g/mol. The Morgan fingerprint density at radius 3 is 1.91 bits per heavy atom. The summed E-state index contributed by atoms with van der Waals surface area (Å²) in [6.07, 6.45) is 8.73. The summed E-state index contributed by atoms with van der Waals surface area (Å²) in [5.41, 5.74) is 0. The van der Waals surface area contributed by atoms with Crippen molar-refractivity contribution < 1.29 is 4.79 Å². The van der Waals surface area contributed by atoms with Gasteiger partial charge in [0.1, 0.15) is 5.78 Å². The van der Waals surface area contributed by atoms with E-state index >= 15 is 0 Å². The summed E-state index contributed by atoms with van der Waals surface area (Å²) in [5.74, 6) is 1.55. The van der Waals surface area contributed by atoms with Crippen LogP contribution >= 0.6 is 0 Å². The summed E-state index contributed by atoms with van der Waals surface area (Å²) in [4.78, 5) is 11.6. The molecule has 0 aliphatic heterocycles. The first-order chi connectivity index (χ1) is 5.38. The number of carbonyl (C=O) groups excluding carboxylic acids is 1. The summed E-state index contributed by atoms with van der Waals surface area (Å²) in [6, 6.07) is 0. The number of Topliss-reactive ketones (excluding diaryl/α,β-unsaturated/α-hetero) is 1. The highest BCUT2D eigenvalue weighted by atomic mass is 16.1. The van der Waals surface area contributed by atoms with Gasteiger partial charge in [-0.25, -0.2) is 0 Å². The van der Waals surface area contributed by atoms with Crippen LogP contribution in [0.25, 0.3) is 0 Å². The Balaban J connectivity index is 2.06. The molecule has 2 aliphatic rings. The molecule has 0 aromatic carbocycles. The average molecular weight is 152 g/mol. The van der Waals surface area contributed by atoms with Gasteiger partial charge in [-0.1, -0.05) is 19.3 Å². The van der Waals surface area contributed by atoms with E-state index in [9.17, 15) is 4.79 Å². The zero-order chi connectivity index (χ0) is 7.68. The lowest BCUT2D eigenvalue weighted by atomic mass is 9.90. The Labute approximate surface area is 68.2 Å². The van der Waals surface area contributed by atoms with Crippen LogP contribution in [0, 0.1) is 11.8 Å². The van der Waals surface area contributed by atoms with Crippen molar-refractivity contribution in [1.29, 1.82) is 0 Å². The van der Waals surface area contributed by atoms with Crippen molar-refractivity contribution in [1.82, 2.24) is 0 Å². The topological polar surface area (TPSA) is 17.1 Å². The molecule has 11 heavy (non-hydrogen) atoms. The monoisotopic (exact) mass is 152 g/mol. The molecule has 0 aromatic rings. The zero-order valence-electron chi connectivity index (χ0n) is 7.01. The summed E-state index contributed by atoms with van der Waals surface area (Å²) < 4.78 is 0. The van der Waals surface area contributed by atoms with E-state index in [1.165, 1.54) is 44.9 Å². The van der Waals surface area contributed by atoms with Gasteiger partial charge in [0.05, 0.1) is 0 Å². The molecule has 2 saturated carbocycles. The second kappa shape index (κ2) is 2.96. The molecule has 0 spiro atoms. The van der Waals surface area contributed by atoms with Crippen molar-refractivity contribution in [2.24, 2.45) is 11.8 Å². The smallest absolute Gasteiger partial charge is 0.139 e. The normalized spacial score (nSPS) is 38.4. The fourth-order valence-electron chi connectivity index (χ4n) is 2.55. The number of rotatable bonds is 0. The third-order valence-corrected chi connectivity index (χ3v) is 3.27. The van der Waals surface area contributed by atoms with E-state index in [1.807, 2.05) is 0 Å². The van der Waals surface area contributed by atoms with Gasteiger partial charge in [0.2, 0.25) is 0 Å². The highest BCUT2D eigenvalue weighted by molar-refractivity contribution is 5.85. The Morgan fingerprint density at radius 1 is 0.818 bits per heavy atom. The van der Waals surface area contributed by atoms with E-state index < -0.39 is 0 Å². The van der Waals surface area contributed by atoms with Gasteiger partial charge in [-0.05, 0) is 25.7 Å². The van der Waals surface area contributed by atoms with Crippen molar-refractivity contribution in [2.45, 2.75) is 44.9 Å². The number of ketones is 1. The van der Waals surface area contributed by atoms with Crippen LogP contribution in [0.5, 0.6) is 0 Å². The molecule has 0 N–H and O–H groups in total. The molecule has 2 fully saturated rings. The highest BCUT2D eigenvalue weighted by Gasteiger charge is 2.33. The Bertz CT molecular complexity index is 146. The highest BCUT2D eigenvalue weighted by Crippen LogP contribution is 2.36. The van der Waals surface area contributed by atoms with Gasteiger partial charge in [0.15, 0.2) is 0 Å². The lowest BCUT2D eigenvalue weighted by Gasteiger charge is -2.13. The Morgan fingerprint density at radius 2 is 1.36 bits per heavy atom. The van der Waals surface area contributed by atoms with E-state index in [4.69, 9.17) is 0 Å². The van der Waals surface area contributed by atoms with Crippen LogP contribution in [0.3, 0.4) is 0 Å². The van der Waals surface area contributed by atoms with Crippen LogP contribution < -0.4 is 0 Å². The number of hydrogen-bond acceptors (Lipinski definition) is 1. The van der Waals surface area contributed by atoms with Gasteiger partial charge < -0.3 is 0 Å². The SMILES string of the molecule is O=C1C2CCCCCC1CC2. The third kappa shape index (κ3) is 1.33. The maximum Gasteiger partial charge on any atom is 0.139 e. The predicted octanol–water partition coefficient (Wildman–Crippen LogP) is 2.55. The molecule has 2 unspecified atom stereocenters. The number of hydrogen-bond donors (Lipinski definition) is 0. The maximum absolute atomic E-state index is 11.6. The molecule has 0 saturated heterocycles. The molecule has 2 bridgehead atoms. The minimum absolute atomic E-state index is 0.472. The van der Waals surface area contributed by atoms with Gasteiger partial charge in [0.25, 0.3) is 0 Å². The minimum atomic E-state index is 0.472. The Hall–Kier alpha value is -0.330. The van der Waals surface area contributed by atoms with E-state index in [0.29, 0.717) is 17.6 Å². The summed E-state index contributed by atoms with van der Waals surface area (Å²) >= 11 is 0. The molecule has 0 radical (unpaired) electrons. The first-order valence-corrected chi connectivity index (χ1v) is 4.91. The molecule has 1 heteroatoms. The number of fused-ring (bicyclic) bond motifs is 2. The van der Waals surface area contributed by atoms with Crippen LogP contribution in [0.2, 0.25) is 0 Å². The summed E-state index contributed by atoms with van der Waals surface area (Å²) in [6.45, 7) is 0. The molecule has 62 valence electrons. The largest absolute Gasteiger partial charge is 0.299 e. The van der Waals surface area contributed by atoms with E-state index in [2.05, 4.69) is 0 Å². The average Bonchev–Trinajstić information content (AvgIpc) is 2.38. The van der Waals surface area contributed by atoms with Crippen molar-refractivity contribution in [2.75, 3.05) is 0 Å². The summed E-state index contributed by atoms with van der Waals surface area (Å²) in [5, 5.41) is 0. The predicted molar refractivity (Wildman–Crippen MR) is 44.3 cm³/mol. The third-order valence-electron chi connectivity index (χ3n) is 3.27. The van der Waals surface area contributed by atoms with Crippen molar-refractivity contribution in [3.05, 3.63) is 0 Å². The van der Waals surface area contributed by atoms with Crippen LogP contribution in [-0.4, -0.2) is 5.78 Å². The molecular formula is C10H16O. The standard InChI is InChI=1S/C10H16O/c11-10-8-4-2-1-3-5-9(10)7-6-8/h8-9H,1-7H2. The number of carbonyl (C=O) groups is 1. The first-order valence-electron chi connectivity index (χ1n) is 4.91. The van der Waals surface area contributed by atoms with Gasteiger partial charge in [-0.15, -0.1) is 0 Å². The summed E-state index contributed by atoms with van der Waals surface area (Å²) in [7, 11) is 0. The zero-order valence-corrected chi connectivity index (χ0v) is 7.01. The molecule has 0 heterocycles. The van der Waals surface area contributed by atoms with Crippen molar-refractivity contribution >= 4 is 5.78 Å². The van der Waals surface area contributed by atoms with Crippen LogP contribution in [-0.2, 0) is 4.79 Å². The molecule has 2 rings (SSSR count). The minimum Gasteiger partial charge on any atom is -0.299 e. The fraction of sp³-hybridized carbons (Fsp3) is 0.900. The van der Waals surface area contributed by atoms with Crippen LogP contribution in [0.4, 0.5) is 0 Å². The second-order valence-electron chi connectivity index (χ2n) is 4.01. The van der Waals surface area contributed by atoms with Crippen LogP contribution in [0.15, 0.2) is 0 Å². The molecule has 2 atom stereocenters. The fourth-order valence-corrected chi connectivity index (χ4v) is 2.55. The lowest BCUT2D eigenvalue weighted by molar-refractivity contribution is -0.124. The van der Waals surface area contributed by atoms with Crippen LogP contribution in [0.1, 0.15) is 44.9 Å². The quantitative estimate of drug-likeness (QED) is 0.521. The van der Waals surface area contributed by atoms with Gasteiger partial charge in [-0.2, -0.15) is 0 Å². The van der Waals surface area contributed by atoms with Gasteiger partial charge in [-0.3, -0.25) is 4.79 Å². The van der Waals surface area contributed by atoms with Gasteiger partial charge >= 0.3 is 0 Å². The lowest BCUT2D eigenvalue weighted by Crippen LogP contribution is -2.15. The molecule has 2 aliphatic carbocycles. The van der Waals surface area contributed by atoms with E-state index in [-0.39, 0.29) is 0 Å². The van der Waals surface area contributed by atoms with Crippen molar-refractivity contribution in [3.8, 4) is 0 Å².